The molecule has 0 fully saturated rings. The highest BCUT2D eigenvalue weighted by atomic mass is 16.5. The second-order valence-corrected chi connectivity index (χ2v) is 6.23. The SMILES string of the molecule is CCCC1Cc2c(O)cccc2OC1NCCc1ccccc1. The van der Waals surface area contributed by atoms with Gasteiger partial charge in [0.15, 0.2) is 6.23 Å². The Morgan fingerprint density at radius 2 is 1.96 bits per heavy atom. The summed E-state index contributed by atoms with van der Waals surface area (Å²) in [4.78, 5) is 0. The van der Waals surface area contributed by atoms with Crippen molar-refractivity contribution in [2.24, 2.45) is 5.92 Å². The Hall–Kier alpha value is -2.00. The molecule has 1 heterocycles. The average Bonchev–Trinajstić information content (AvgIpc) is 2.57. The topological polar surface area (TPSA) is 41.5 Å². The molecule has 0 aromatic heterocycles. The molecule has 0 spiro atoms. The van der Waals surface area contributed by atoms with E-state index in [2.05, 4.69) is 36.5 Å². The van der Waals surface area contributed by atoms with Crippen molar-refractivity contribution < 1.29 is 9.84 Å². The van der Waals surface area contributed by atoms with Crippen molar-refractivity contribution in [2.75, 3.05) is 6.54 Å². The van der Waals surface area contributed by atoms with Gasteiger partial charge in [-0.05, 0) is 37.0 Å². The summed E-state index contributed by atoms with van der Waals surface area (Å²) in [6.07, 6.45) is 4.10. The molecule has 3 heteroatoms. The summed E-state index contributed by atoms with van der Waals surface area (Å²) in [5.74, 6) is 1.57. The van der Waals surface area contributed by atoms with Crippen LogP contribution >= 0.6 is 0 Å². The fourth-order valence-corrected chi connectivity index (χ4v) is 3.31. The minimum atomic E-state index is 0.0213. The zero-order chi connectivity index (χ0) is 16.1. The van der Waals surface area contributed by atoms with Gasteiger partial charge in [-0.15, -0.1) is 0 Å². The number of phenols is 1. The molecule has 3 rings (SSSR count). The van der Waals surface area contributed by atoms with Crippen LogP contribution in [0.3, 0.4) is 0 Å². The molecular weight excluding hydrogens is 286 g/mol. The zero-order valence-corrected chi connectivity index (χ0v) is 13.7. The normalized spacial score (nSPS) is 19.9. The Morgan fingerprint density at radius 3 is 2.74 bits per heavy atom. The standard InChI is InChI=1S/C20H25NO2/c1-2-7-16-14-17-18(22)10-6-11-19(17)23-20(16)21-13-12-15-8-4-3-5-9-15/h3-6,8-11,16,20-22H,2,7,12-14H2,1H3. The van der Waals surface area contributed by atoms with Crippen molar-refractivity contribution in [3.8, 4) is 11.5 Å². The molecule has 2 aromatic rings. The van der Waals surface area contributed by atoms with Crippen molar-refractivity contribution in [1.29, 1.82) is 0 Å². The summed E-state index contributed by atoms with van der Waals surface area (Å²) in [6.45, 7) is 3.09. The van der Waals surface area contributed by atoms with Gasteiger partial charge in [-0.3, -0.25) is 5.32 Å². The third-order valence-electron chi connectivity index (χ3n) is 4.52. The molecular formula is C20H25NO2. The van der Waals surface area contributed by atoms with Gasteiger partial charge >= 0.3 is 0 Å². The fourth-order valence-electron chi connectivity index (χ4n) is 3.31. The molecule has 2 atom stereocenters. The summed E-state index contributed by atoms with van der Waals surface area (Å²) in [7, 11) is 0. The van der Waals surface area contributed by atoms with E-state index in [1.54, 1.807) is 6.07 Å². The Kier molecular flexibility index (Phi) is 5.19. The number of benzene rings is 2. The van der Waals surface area contributed by atoms with Gasteiger partial charge in [-0.25, -0.2) is 0 Å². The highest BCUT2D eigenvalue weighted by molar-refractivity contribution is 5.45. The van der Waals surface area contributed by atoms with Crippen LogP contribution in [0.5, 0.6) is 11.5 Å². The molecule has 23 heavy (non-hydrogen) atoms. The van der Waals surface area contributed by atoms with Crippen LogP contribution in [0, 0.1) is 5.92 Å². The molecule has 2 aromatic carbocycles. The number of rotatable bonds is 6. The minimum absolute atomic E-state index is 0.0213. The summed E-state index contributed by atoms with van der Waals surface area (Å²) in [5.41, 5.74) is 2.29. The van der Waals surface area contributed by atoms with Crippen molar-refractivity contribution in [3.05, 3.63) is 59.7 Å². The van der Waals surface area contributed by atoms with Crippen LogP contribution in [0.25, 0.3) is 0 Å². The lowest BCUT2D eigenvalue weighted by molar-refractivity contribution is 0.0755. The van der Waals surface area contributed by atoms with E-state index in [4.69, 9.17) is 4.74 Å². The first-order valence-electron chi connectivity index (χ1n) is 8.52. The molecule has 0 saturated carbocycles. The molecule has 2 unspecified atom stereocenters. The van der Waals surface area contributed by atoms with Gasteiger partial charge in [-0.2, -0.15) is 0 Å². The zero-order valence-electron chi connectivity index (χ0n) is 13.7. The van der Waals surface area contributed by atoms with E-state index in [1.165, 1.54) is 5.56 Å². The predicted molar refractivity (Wildman–Crippen MR) is 92.8 cm³/mol. The van der Waals surface area contributed by atoms with E-state index < -0.39 is 0 Å². The highest BCUT2D eigenvalue weighted by Gasteiger charge is 2.30. The lowest BCUT2D eigenvalue weighted by Gasteiger charge is -2.34. The number of ether oxygens (including phenoxy) is 1. The Bertz CT molecular complexity index is 627. The number of hydrogen-bond donors (Lipinski definition) is 2. The Labute approximate surface area is 138 Å². The van der Waals surface area contributed by atoms with Gasteiger partial charge in [-0.1, -0.05) is 49.7 Å². The van der Waals surface area contributed by atoms with Gasteiger partial charge in [0, 0.05) is 18.0 Å². The van der Waals surface area contributed by atoms with Gasteiger partial charge in [0.25, 0.3) is 0 Å². The number of phenolic OH excluding ortho intramolecular Hbond substituents is 1. The quantitative estimate of drug-likeness (QED) is 0.850. The number of aromatic hydroxyl groups is 1. The molecule has 0 amide bonds. The molecule has 0 saturated heterocycles. The molecule has 1 aliphatic heterocycles. The summed E-state index contributed by atoms with van der Waals surface area (Å²) < 4.78 is 6.14. The van der Waals surface area contributed by atoms with E-state index in [9.17, 15) is 5.11 Å². The first kappa shape index (κ1) is 15.9. The monoisotopic (exact) mass is 311 g/mol. The fraction of sp³-hybridized carbons (Fsp3) is 0.400. The van der Waals surface area contributed by atoms with Crippen LogP contribution in [0.4, 0.5) is 0 Å². The second-order valence-electron chi connectivity index (χ2n) is 6.23. The first-order chi connectivity index (χ1) is 11.3. The van der Waals surface area contributed by atoms with Crippen LogP contribution in [0.1, 0.15) is 30.9 Å². The van der Waals surface area contributed by atoms with Crippen LogP contribution in [-0.2, 0) is 12.8 Å². The number of fused-ring (bicyclic) bond motifs is 1. The van der Waals surface area contributed by atoms with Crippen LogP contribution in [-0.4, -0.2) is 17.9 Å². The first-order valence-corrected chi connectivity index (χ1v) is 8.52. The number of nitrogens with one attached hydrogen (secondary N) is 1. The third kappa shape index (κ3) is 3.85. The molecule has 0 radical (unpaired) electrons. The van der Waals surface area contributed by atoms with E-state index in [1.807, 2.05) is 18.2 Å². The summed E-state index contributed by atoms with van der Waals surface area (Å²) in [6, 6.07) is 16.0. The van der Waals surface area contributed by atoms with Gasteiger partial charge < -0.3 is 9.84 Å². The maximum atomic E-state index is 10.1. The molecule has 2 N–H and O–H groups in total. The minimum Gasteiger partial charge on any atom is -0.508 e. The maximum absolute atomic E-state index is 10.1. The Morgan fingerprint density at radius 1 is 1.13 bits per heavy atom. The summed E-state index contributed by atoms with van der Waals surface area (Å²) in [5, 5.41) is 13.6. The largest absolute Gasteiger partial charge is 0.508 e. The third-order valence-corrected chi connectivity index (χ3v) is 4.52. The van der Waals surface area contributed by atoms with Crippen LogP contribution < -0.4 is 10.1 Å². The predicted octanol–water partition coefficient (Wildman–Crippen LogP) is 3.90. The van der Waals surface area contributed by atoms with E-state index >= 15 is 0 Å². The lowest BCUT2D eigenvalue weighted by atomic mass is 9.90. The van der Waals surface area contributed by atoms with Crippen LogP contribution in [0.15, 0.2) is 48.5 Å². The lowest BCUT2D eigenvalue weighted by Crippen LogP contribution is -2.45. The highest BCUT2D eigenvalue weighted by Crippen LogP contribution is 2.37. The van der Waals surface area contributed by atoms with Crippen molar-refractivity contribution in [1.82, 2.24) is 5.32 Å². The van der Waals surface area contributed by atoms with E-state index in [-0.39, 0.29) is 6.23 Å². The number of hydrogen-bond acceptors (Lipinski definition) is 3. The van der Waals surface area contributed by atoms with Gasteiger partial charge in [0.1, 0.15) is 11.5 Å². The smallest absolute Gasteiger partial charge is 0.153 e. The Balaban J connectivity index is 1.65. The van der Waals surface area contributed by atoms with E-state index in [0.29, 0.717) is 11.7 Å². The van der Waals surface area contributed by atoms with Gasteiger partial charge in [0.2, 0.25) is 0 Å². The maximum Gasteiger partial charge on any atom is 0.153 e. The second kappa shape index (κ2) is 7.51. The molecule has 3 nitrogen and oxygen atoms in total. The molecule has 122 valence electrons. The molecule has 0 aliphatic carbocycles. The van der Waals surface area contributed by atoms with Crippen molar-refractivity contribution in [2.45, 2.75) is 38.8 Å². The van der Waals surface area contributed by atoms with Crippen molar-refractivity contribution >= 4 is 0 Å². The van der Waals surface area contributed by atoms with Crippen molar-refractivity contribution in [3.63, 3.8) is 0 Å². The molecule has 0 bridgehead atoms. The average molecular weight is 311 g/mol. The van der Waals surface area contributed by atoms with E-state index in [0.717, 1.165) is 43.5 Å². The van der Waals surface area contributed by atoms with Crippen LogP contribution in [0.2, 0.25) is 0 Å². The van der Waals surface area contributed by atoms with Gasteiger partial charge in [0.05, 0.1) is 0 Å². The molecule has 1 aliphatic rings. The summed E-state index contributed by atoms with van der Waals surface area (Å²) >= 11 is 0.